The number of hydrogen-bond donors (Lipinski definition) is 0. The molecule has 47 heavy (non-hydrogen) atoms. The normalized spacial score (nSPS) is 21.6. The fourth-order valence-corrected chi connectivity index (χ4v) is 7.66. The molecule has 1 aromatic heterocycles. The lowest BCUT2D eigenvalue weighted by Gasteiger charge is -2.46. The molecular formula is C39H42FN3O3S. The van der Waals surface area contributed by atoms with Crippen LogP contribution in [0.2, 0.25) is 0 Å². The molecule has 2 unspecified atom stereocenters. The Morgan fingerprint density at radius 3 is 1.68 bits per heavy atom. The molecule has 7 rings (SSSR count). The monoisotopic (exact) mass is 651 g/mol. The number of anilines is 1. The number of aromatic nitrogens is 1. The van der Waals surface area contributed by atoms with Crippen molar-refractivity contribution < 1.29 is 18.6 Å². The first-order valence-corrected chi connectivity index (χ1v) is 17.4. The van der Waals surface area contributed by atoms with E-state index in [9.17, 15) is 0 Å². The van der Waals surface area contributed by atoms with Gasteiger partial charge in [0.2, 0.25) is 0 Å². The molecule has 6 nitrogen and oxygen atoms in total. The highest BCUT2D eigenvalue weighted by atomic mass is 32.1. The van der Waals surface area contributed by atoms with Crippen LogP contribution in [0.4, 0.5) is 9.52 Å². The molecule has 0 saturated carbocycles. The number of thiazole rings is 1. The first-order chi connectivity index (χ1) is 23.1. The van der Waals surface area contributed by atoms with E-state index in [2.05, 4.69) is 52.3 Å². The molecule has 2 aliphatic rings. The van der Waals surface area contributed by atoms with Gasteiger partial charge in [0, 0.05) is 45.6 Å². The summed E-state index contributed by atoms with van der Waals surface area (Å²) in [4.78, 5) is 9.27. The second-order valence-corrected chi connectivity index (χ2v) is 13.7. The third-order valence-electron chi connectivity index (χ3n) is 9.23. The van der Waals surface area contributed by atoms with Crippen molar-refractivity contribution in [3.63, 3.8) is 0 Å². The largest absolute Gasteiger partial charge is 0.369 e. The molecule has 3 heterocycles. The number of fused-ring (bicyclic) bond motifs is 1. The maximum absolute atomic E-state index is 16.7. The number of halogens is 1. The number of para-hydroxylation sites is 1. The molecule has 0 radical (unpaired) electrons. The van der Waals surface area contributed by atoms with Crippen LogP contribution in [0.3, 0.4) is 0 Å². The average molecular weight is 652 g/mol. The van der Waals surface area contributed by atoms with Gasteiger partial charge in [0.05, 0.1) is 42.2 Å². The molecule has 4 aromatic carbocycles. The second kappa shape index (κ2) is 15.0. The molecule has 0 amide bonds. The standard InChI is InChI=1S/C39H42FN3O3S/c40-39(20-22-43(23-21-39)38-41-33-18-10-11-19-36(33)47-38)29-42-24-34(44-26-30-12-4-1-5-13-30)37(46-28-32-16-8-3-9-17-32)35(25-42)45-27-31-14-6-2-7-15-31/h1-19,34-35,37H,20-29H2. The van der Waals surface area contributed by atoms with Gasteiger partial charge < -0.3 is 19.1 Å². The van der Waals surface area contributed by atoms with E-state index in [4.69, 9.17) is 19.2 Å². The first kappa shape index (κ1) is 31.9. The lowest BCUT2D eigenvalue weighted by molar-refractivity contribution is -0.188. The van der Waals surface area contributed by atoms with Gasteiger partial charge >= 0.3 is 0 Å². The number of alkyl halides is 1. The van der Waals surface area contributed by atoms with Crippen molar-refractivity contribution in [2.24, 2.45) is 0 Å². The number of ether oxygens (including phenoxy) is 3. The van der Waals surface area contributed by atoms with Crippen molar-refractivity contribution in [2.75, 3.05) is 37.6 Å². The van der Waals surface area contributed by atoms with Gasteiger partial charge in [0.15, 0.2) is 5.13 Å². The molecule has 2 saturated heterocycles. The molecule has 2 atom stereocenters. The van der Waals surface area contributed by atoms with Crippen LogP contribution < -0.4 is 4.90 Å². The Kier molecular flexibility index (Phi) is 10.2. The molecule has 0 aliphatic carbocycles. The van der Waals surface area contributed by atoms with Crippen LogP contribution in [0.25, 0.3) is 10.2 Å². The maximum Gasteiger partial charge on any atom is 0.186 e. The van der Waals surface area contributed by atoms with Gasteiger partial charge in [-0.25, -0.2) is 9.37 Å². The number of likely N-dealkylation sites (tertiary alicyclic amines) is 1. The molecule has 2 aliphatic heterocycles. The summed E-state index contributed by atoms with van der Waals surface area (Å²) in [5.74, 6) is 0. The second-order valence-electron chi connectivity index (χ2n) is 12.7. The van der Waals surface area contributed by atoms with Gasteiger partial charge in [0.1, 0.15) is 11.8 Å². The third kappa shape index (κ3) is 8.26. The number of nitrogens with zero attached hydrogens (tertiary/aromatic N) is 3. The zero-order chi connectivity index (χ0) is 31.9. The minimum atomic E-state index is -1.31. The summed E-state index contributed by atoms with van der Waals surface area (Å²) in [5, 5.41) is 0.980. The summed E-state index contributed by atoms with van der Waals surface area (Å²) in [6.45, 7) is 4.14. The van der Waals surface area contributed by atoms with Crippen LogP contribution in [0.1, 0.15) is 29.5 Å². The Hall–Kier alpha value is -3.66. The van der Waals surface area contributed by atoms with Crippen molar-refractivity contribution >= 4 is 26.7 Å². The Morgan fingerprint density at radius 1 is 0.660 bits per heavy atom. The van der Waals surface area contributed by atoms with E-state index < -0.39 is 5.67 Å². The highest BCUT2D eigenvalue weighted by Gasteiger charge is 2.44. The molecule has 0 bridgehead atoms. The Morgan fingerprint density at radius 2 is 1.15 bits per heavy atom. The smallest absolute Gasteiger partial charge is 0.186 e. The van der Waals surface area contributed by atoms with Gasteiger partial charge in [-0.3, -0.25) is 4.90 Å². The minimum Gasteiger partial charge on any atom is -0.369 e. The predicted molar refractivity (Wildman–Crippen MR) is 186 cm³/mol. The fourth-order valence-electron chi connectivity index (χ4n) is 6.64. The summed E-state index contributed by atoms with van der Waals surface area (Å²) in [7, 11) is 0. The van der Waals surface area contributed by atoms with Gasteiger partial charge in [-0.2, -0.15) is 0 Å². The molecule has 2 fully saturated rings. The van der Waals surface area contributed by atoms with Crippen LogP contribution in [0.5, 0.6) is 0 Å². The van der Waals surface area contributed by atoms with Crippen LogP contribution in [0, 0.1) is 0 Å². The van der Waals surface area contributed by atoms with E-state index in [1.165, 1.54) is 4.70 Å². The van der Waals surface area contributed by atoms with E-state index in [-0.39, 0.29) is 18.3 Å². The SMILES string of the molecule is FC1(CN2CC(OCc3ccccc3)C(OCc3ccccc3)C(OCc3ccccc3)C2)CCN(c2nc3ccccc3s2)CC1. The van der Waals surface area contributed by atoms with E-state index in [0.717, 1.165) is 27.3 Å². The van der Waals surface area contributed by atoms with E-state index in [1.807, 2.05) is 72.8 Å². The maximum atomic E-state index is 16.7. The first-order valence-electron chi connectivity index (χ1n) is 16.6. The summed E-state index contributed by atoms with van der Waals surface area (Å²) < 4.78 is 37.7. The molecule has 5 aromatic rings. The van der Waals surface area contributed by atoms with Gasteiger partial charge in [-0.15, -0.1) is 0 Å². The zero-order valence-corrected chi connectivity index (χ0v) is 27.4. The van der Waals surface area contributed by atoms with Crippen molar-refractivity contribution in [1.82, 2.24) is 9.88 Å². The summed E-state index contributed by atoms with van der Waals surface area (Å²) >= 11 is 1.69. The number of piperidine rings is 2. The van der Waals surface area contributed by atoms with Gasteiger partial charge in [0.25, 0.3) is 0 Å². The minimum absolute atomic E-state index is 0.292. The molecule has 0 spiro atoms. The van der Waals surface area contributed by atoms with E-state index in [0.29, 0.717) is 65.4 Å². The average Bonchev–Trinajstić information content (AvgIpc) is 3.55. The van der Waals surface area contributed by atoms with Crippen LogP contribution in [-0.4, -0.2) is 66.6 Å². The third-order valence-corrected chi connectivity index (χ3v) is 10.3. The zero-order valence-electron chi connectivity index (χ0n) is 26.6. The Bertz CT molecular complexity index is 1590. The highest BCUT2D eigenvalue weighted by molar-refractivity contribution is 7.22. The van der Waals surface area contributed by atoms with E-state index >= 15 is 4.39 Å². The van der Waals surface area contributed by atoms with Crippen molar-refractivity contribution in [3.8, 4) is 0 Å². The Labute approximate surface area is 280 Å². The molecule has 244 valence electrons. The van der Waals surface area contributed by atoms with Crippen LogP contribution >= 0.6 is 11.3 Å². The number of hydrogen-bond acceptors (Lipinski definition) is 7. The molecule has 0 N–H and O–H groups in total. The Balaban J connectivity index is 1.07. The van der Waals surface area contributed by atoms with E-state index in [1.54, 1.807) is 11.3 Å². The highest BCUT2D eigenvalue weighted by Crippen LogP contribution is 2.35. The lowest BCUT2D eigenvalue weighted by Crippen LogP contribution is -2.60. The van der Waals surface area contributed by atoms with Crippen LogP contribution in [-0.2, 0) is 34.0 Å². The topological polar surface area (TPSA) is 47.1 Å². The van der Waals surface area contributed by atoms with Gasteiger partial charge in [-0.1, -0.05) is 114 Å². The lowest BCUT2D eigenvalue weighted by atomic mass is 9.91. The quantitative estimate of drug-likeness (QED) is 0.138. The predicted octanol–water partition coefficient (Wildman–Crippen LogP) is 7.68. The fraction of sp³-hybridized carbons (Fsp3) is 0.359. The van der Waals surface area contributed by atoms with Crippen molar-refractivity contribution in [1.29, 1.82) is 0 Å². The summed E-state index contributed by atoms with van der Waals surface area (Å²) in [6, 6.07) is 38.8. The molecule has 8 heteroatoms. The number of benzene rings is 4. The van der Waals surface area contributed by atoms with Crippen molar-refractivity contribution in [3.05, 3.63) is 132 Å². The number of rotatable bonds is 12. The van der Waals surface area contributed by atoms with Crippen LogP contribution in [0.15, 0.2) is 115 Å². The summed E-state index contributed by atoms with van der Waals surface area (Å²) in [6.07, 6.45) is 0.0201. The summed E-state index contributed by atoms with van der Waals surface area (Å²) in [5.41, 5.74) is 2.99. The van der Waals surface area contributed by atoms with Crippen molar-refractivity contribution in [2.45, 2.75) is 56.6 Å². The molecular weight excluding hydrogens is 610 g/mol. The van der Waals surface area contributed by atoms with Gasteiger partial charge in [-0.05, 0) is 28.8 Å².